The number of aryl methyl sites for hydroxylation is 1. The van der Waals surface area contributed by atoms with E-state index in [1.807, 2.05) is 13.0 Å². The predicted octanol–water partition coefficient (Wildman–Crippen LogP) is 5.26. The highest BCUT2D eigenvalue weighted by atomic mass is 19.4. The second kappa shape index (κ2) is 7.99. The molecule has 0 amide bonds. The fraction of sp³-hybridized carbons (Fsp3) is 0.174. The number of benzene rings is 2. The molecule has 3 rings (SSSR count). The maximum absolute atomic E-state index is 12.9. The van der Waals surface area contributed by atoms with Gasteiger partial charge in [0.2, 0.25) is 0 Å². The fourth-order valence-electron chi connectivity index (χ4n) is 3.27. The van der Waals surface area contributed by atoms with Gasteiger partial charge in [0.05, 0.1) is 11.1 Å². The van der Waals surface area contributed by atoms with Crippen molar-refractivity contribution < 1.29 is 18.0 Å². The molecule has 1 aromatic heterocycles. The summed E-state index contributed by atoms with van der Waals surface area (Å²) in [4.78, 5) is 16.8. The summed E-state index contributed by atoms with van der Waals surface area (Å²) in [5, 5.41) is 9.32. The third-order valence-electron chi connectivity index (χ3n) is 4.95. The van der Waals surface area contributed by atoms with Crippen LogP contribution in [0.25, 0.3) is 11.1 Å². The number of Topliss-reactive ketones (excluding diaryl/α,β-unsaturated/α-hetero) is 1. The average Bonchev–Trinajstić information content (AvgIpc) is 2.69. The number of rotatable bonds is 4. The summed E-state index contributed by atoms with van der Waals surface area (Å²) in [7, 11) is 0. The molecule has 0 spiro atoms. The number of alkyl halides is 3. The fourth-order valence-corrected chi connectivity index (χ4v) is 3.27. The lowest BCUT2D eigenvalue weighted by Crippen LogP contribution is -2.08. The molecule has 7 heteroatoms. The minimum absolute atomic E-state index is 0.133. The van der Waals surface area contributed by atoms with Crippen LogP contribution in [-0.4, -0.2) is 10.8 Å². The third kappa shape index (κ3) is 4.18. The van der Waals surface area contributed by atoms with E-state index in [-0.39, 0.29) is 29.1 Å². The van der Waals surface area contributed by atoms with Gasteiger partial charge in [0.25, 0.3) is 0 Å². The number of hydrogen-bond donors (Lipinski definition) is 1. The Bertz CT molecular complexity index is 1180. The smallest absolute Gasteiger partial charge is 0.383 e. The molecule has 2 N–H and O–H groups in total. The molecule has 1 heterocycles. The van der Waals surface area contributed by atoms with Crippen molar-refractivity contribution in [2.45, 2.75) is 26.4 Å². The zero-order valence-corrected chi connectivity index (χ0v) is 16.3. The molecule has 2 aromatic carbocycles. The molecule has 0 bridgehead atoms. The van der Waals surface area contributed by atoms with Gasteiger partial charge in [-0.15, -0.1) is 0 Å². The van der Waals surface area contributed by atoms with E-state index >= 15 is 0 Å². The van der Waals surface area contributed by atoms with Gasteiger partial charge >= 0.3 is 6.18 Å². The van der Waals surface area contributed by atoms with Crippen molar-refractivity contribution in [1.82, 2.24) is 4.98 Å². The first-order valence-corrected chi connectivity index (χ1v) is 9.07. The van der Waals surface area contributed by atoms with Crippen LogP contribution < -0.4 is 5.73 Å². The Morgan fingerprint density at radius 3 is 2.53 bits per heavy atom. The van der Waals surface area contributed by atoms with E-state index in [2.05, 4.69) is 4.98 Å². The van der Waals surface area contributed by atoms with E-state index in [1.165, 1.54) is 12.1 Å². The molecular weight excluding hydrogens is 391 g/mol. The third-order valence-corrected chi connectivity index (χ3v) is 4.95. The number of aromatic nitrogens is 1. The Kier molecular flexibility index (Phi) is 5.61. The molecular formula is C23H18F3N3O. The Labute approximate surface area is 171 Å². The molecule has 0 aliphatic carbocycles. The van der Waals surface area contributed by atoms with Crippen molar-refractivity contribution in [2.75, 3.05) is 5.73 Å². The second-order valence-electron chi connectivity index (χ2n) is 7.00. The summed E-state index contributed by atoms with van der Waals surface area (Å²) in [6, 6.07) is 11.9. The van der Waals surface area contributed by atoms with E-state index in [9.17, 15) is 23.2 Å². The van der Waals surface area contributed by atoms with Crippen molar-refractivity contribution in [3.63, 3.8) is 0 Å². The molecule has 30 heavy (non-hydrogen) atoms. The van der Waals surface area contributed by atoms with Gasteiger partial charge in [0, 0.05) is 23.7 Å². The SMILES string of the molecule is Cc1ccc(C(=O)Cc2cccc(C(F)(F)F)c2)cc1-c1cnc(N)c(C#N)c1C. The molecule has 0 radical (unpaired) electrons. The Morgan fingerprint density at radius 2 is 1.87 bits per heavy atom. The first kappa shape index (κ1) is 21.1. The van der Waals surface area contributed by atoms with Crippen LogP contribution in [0.15, 0.2) is 48.7 Å². The molecule has 152 valence electrons. The lowest BCUT2D eigenvalue weighted by atomic mass is 9.92. The molecule has 0 aliphatic rings. The molecule has 0 saturated heterocycles. The zero-order chi connectivity index (χ0) is 22.1. The second-order valence-corrected chi connectivity index (χ2v) is 7.00. The Balaban J connectivity index is 1.97. The lowest BCUT2D eigenvalue weighted by Gasteiger charge is -2.13. The number of carbonyl (C=O) groups is 1. The molecule has 0 fully saturated rings. The predicted molar refractivity (Wildman–Crippen MR) is 108 cm³/mol. The van der Waals surface area contributed by atoms with Crippen molar-refractivity contribution in [1.29, 1.82) is 5.26 Å². The van der Waals surface area contributed by atoms with E-state index in [4.69, 9.17) is 5.73 Å². The van der Waals surface area contributed by atoms with E-state index in [1.54, 1.807) is 31.3 Å². The molecule has 0 aliphatic heterocycles. The van der Waals surface area contributed by atoms with E-state index in [0.717, 1.165) is 17.7 Å². The summed E-state index contributed by atoms with van der Waals surface area (Å²) >= 11 is 0. The van der Waals surface area contributed by atoms with Crippen LogP contribution in [-0.2, 0) is 12.6 Å². The topological polar surface area (TPSA) is 79.8 Å². The molecule has 0 atom stereocenters. The summed E-state index contributed by atoms with van der Waals surface area (Å²) in [5.41, 5.74) is 8.79. The van der Waals surface area contributed by atoms with Gasteiger partial charge in [0.15, 0.2) is 5.78 Å². The van der Waals surface area contributed by atoms with Crippen LogP contribution in [0.5, 0.6) is 0 Å². The van der Waals surface area contributed by atoms with Crippen LogP contribution in [0.3, 0.4) is 0 Å². The van der Waals surface area contributed by atoms with Gasteiger partial charge < -0.3 is 5.73 Å². The van der Waals surface area contributed by atoms with Gasteiger partial charge in [-0.25, -0.2) is 4.98 Å². The van der Waals surface area contributed by atoms with Crippen LogP contribution in [0, 0.1) is 25.2 Å². The lowest BCUT2D eigenvalue weighted by molar-refractivity contribution is -0.137. The molecule has 0 saturated carbocycles. The van der Waals surface area contributed by atoms with Crippen LogP contribution in [0.2, 0.25) is 0 Å². The van der Waals surface area contributed by atoms with E-state index in [0.29, 0.717) is 22.3 Å². The van der Waals surface area contributed by atoms with Crippen LogP contribution in [0.4, 0.5) is 19.0 Å². The highest BCUT2D eigenvalue weighted by Crippen LogP contribution is 2.32. The number of nitrogens with two attached hydrogens (primary N) is 1. The van der Waals surface area contributed by atoms with Gasteiger partial charge in [-0.05, 0) is 48.2 Å². The normalized spacial score (nSPS) is 11.2. The Morgan fingerprint density at radius 1 is 1.13 bits per heavy atom. The molecule has 0 unspecified atom stereocenters. The summed E-state index contributed by atoms with van der Waals surface area (Å²) < 4.78 is 38.8. The summed E-state index contributed by atoms with van der Waals surface area (Å²) in [6.07, 6.45) is -3.07. The van der Waals surface area contributed by atoms with Gasteiger partial charge in [-0.2, -0.15) is 18.4 Å². The molecule has 4 nitrogen and oxygen atoms in total. The maximum atomic E-state index is 12.9. The number of pyridine rings is 1. The number of ketones is 1. The van der Waals surface area contributed by atoms with E-state index < -0.39 is 11.7 Å². The quantitative estimate of drug-likeness (QED) is 0.596. The minimum Gasteiger partial charge on any atom is -0.383 e. The number of halogens is 3. The summed E-state index contributed by atoms with van der Waals surface area (Å²) in [6.45, 7) is 3.61. The number of anilines is 1. The Hall–Kier alpha value is -3.66. The van der Waals surface area contributed by atoms with Crippen molar-refractivity contribution in [3.8, 4) is 17.2 Å². The van der Waals surface area contributed by atoms with Crippen molar-refractivity contribution in [2.24, 2.45) is 0 Å². The number of carbonyl (C=O) groups excluding carboxylic acids is 1. The monoisotopic (exact) mass is 409 g/mol. The van der Waals surface area contributed by atoms with Gasteiger partial charge in [-0.3, -0.25) is 4.79 Å². The van der Waals surface area contributed by atoms with Crippen LogP contribution >= 0.6 is 0 Å². The number of nitriles is 1. The molecule has 3 aromatic rings. The minimum atomic E-state index is -4.46. The van der Waals surface area contributed by atoms with Crippen molar-refractivity contribution in [3.05, 3.63) is 82.0 Å². The first-order chi connectivity index (χ1) is 14.1. The standard InChI is InChI=1S/C23H18F3N3O/c1-13-6-7-16(10-18(13)20-12-29-22(28)19(11-27)14(20)2)21(30)9-15-4-3-5-17(8-15)23(24,25)26/h3-8,10,12H,9H2,1-2H3,(H2,28,29). The maximum Gasteiger partial charge on any atom is 0.416 e. The van der Waals surface area contributed by atoms with Crippen LogP contribution in [0.1, 0.15) is 38.2 Å². The van der Waals surface area contributed by atoms with Gasteiger partial charge in [-0.1, -0.05) is 30.3 Å². The first-order valence-electron chi connectivity index (χ1n) is 9.07. The zero-order valence-electron chi connectivity index (χ0n) is 16.3. The van der Waals surface area contributed by atoms with Gasteiger partial charge in [0.1, 0.15) is 11.9 Å². The summed E-state index contributed by atoms with van der Waals surface area (Å²) in [5.74, 6) is -0.176. The highest BCUT2D eigenvalue weighted by Gasteiger charge is 2.30. The highest BCUT2D eigenvalue weighted by molar-refractivity contribution is 5.99. The number of nitrogens with zero attached hydrogens (tertiary/aromatic N) is 2. The number of hydrogen-bond acceptors (Lipinski definition) is 4. The van der Waals surface area contributed by atoms with Crippen molar-refractivity contribution >= 4 is 11.6 Å². The largest absolute Gasteiger partial charge is 0.416 e. The average molecular weight is 409 g/mol. The number of nitrogen functional groups attached to an aromatic ring is 1.